The number of imide groups is 1. The highest BCUT2D eigenvalue weighted by atomic mass is 32.2. The van der Waals surface area contributed by atoms with Gasteiger partial charge in [-0.3, -0.25) is 14.5 Å². The van der Waals surface area contributed by atoms with E-state index in [0.717, 1.165) is 41.3 Å². The Hall–Kier alpha value is -3.58. The molecule has 34 heavy (non-hydrogen) atoms. The molecule has 0 radical (unpaired) electrons. The number of carbonyl (C=O) groups excluding carboxylic acids is 3. The van der Waals surface area contributed by atoms with Gasteiger partial charge in [0.05, 0.1) is 23.6 Å². The molecule has 174 valence electrons. The number of carbonyl (C=O) groups is 3. The summed E-state index contributed by atoms with van der Waals surface area (Å²) in [5.41, 5.74) is 3.23. The quantitative estimate of drug-likeness (QED) is 0.212. The van der Waals surface area contributed by atoms with Crippen molar-refractivity contribution in [2.24, 2.45) is 0 Å². The molecule has 0 atom stereocenters. The van der Waals surface area contributed by atoms with Crippen molar-refractivity contribution in [2.45, 2.75) is 33.2 Å². The highest BCUT2D eigenvalue weighted by Gasteiger charge is 2.35. The number of aryl methyl sites for hydroxylation is 1. The Balaban J connectivity index is 1.44. The van der Waals surface area contributed by atoms with Gasteiger partial charge in [0.2, 0.25) is 0 Å². The maximum atomic E-state index is 12.8. The number of hydrogen-bond acceptors (Lipinski definition) is 6. The third kappa shape index (κ3) is 5.31. The van der Waals surface area contributed by atoms with E-state index in [0.29, 0.717) is 28.6 Å². The lowest BCUT2D eigenvalue weighted by atomic mass is 10.1. The van der Waals surface area contributed by atoms with Crippen LogP contribution in [0.15, 0.2) is 70.0 Å². The first-order valence-corrected chi connectivity index (χ1v) is 11.9. The van der Waals surface area contributed by atoms with Crippen molar-refractivity contribution in [1.29, 1.82) is 0 Å². The summed E-state index contributed by atoms with van der Waals surface area (Å²) in [7, 11) is 0. The summed E-state index contributed by atoms with van der Waals surface area (Å²) in [5.74, 6) is 0.388. The molecule has 0 spiro atoms. The zero-order chi connectivity index (χ0) is 24.1. The van der Waals surface area contributed by atoms with Crippen LogP contribution in [0.5, 0.6) is 0 Å². The van der Waals surface area contributed by atoms with Crippen LogP contribution < -0.4 is 0 Å². The monoisotopic (exact) mass is 475 g/mol. The Morgan fingerprint density at radius 1 is 1.06 bits per heavy atom. The van der Waals surface area contributed by atoms with Gasteiger partial charge >= 0.3 is 5.97 Å². The Bertz CT molecular complexity index is 1240. The summed E-state index contributed by atoms with van der Waals surface area (Å²) in [4.78, 5) is 38.9. The predicted octanol–water partition coefficient (Wildman–Crippen LogP) is 6.45. The summed E-state index contributed by atoms with van der Waals surface area (Å²) in [6.07, 6.45) is 3.39. The standard InChI is InChI=1S/C27H25NO5S/c1-3-4-15-32-26(30)20-11-9-19(10-12-20)23-14-13-22(33-23)16-24-25(29)28(27(31)34-24)17-21-8-6-5-7-18(21)2/h5-14,16H,3-4,15,17H2,1-2H3/b24-16-. The first kappa shape index (κ1) is 23.6. The minimum absolute atomic E-state index is 0.241. The molecule has 2 amide bonds. The van der Waals surface area contributed by atoms with Gasteiger partial charge in [0, 0.05) is 11.6 Å². The summed E-state index contributed by atoms with van der Waals surface area (Å²) in [5, 5.41) is -0.298. The van der Waals surface area contributed by atoms with Crippen LogP contribution >= 0.6 is 11.8 Å². The number of esters is 1. The van der Waals surface area contributed by atoms with E-state index in [-0.39, 0.29) is 23.7 Å². The fourth-order valence-electron chi connectivity index (χ4n) is 3.47. The molecule has 0 unspecified atom stereocenters. The van der Waals surface area contributed by atoms with E-state index >= 15 is 0 Å². The van der Waals surface area contributed by atoms with Gasteiger partial charge in [0.15, 0.2) is 0 Å². The highest BCUT2D eigenvalue weighted by Crippen LogP contribution is 2.34. The largest absolute Gasteiger partial charge is 0.462 e. The molecule has 6 nitrogen and oxygen atoms in total. The van der Waals surface area contributed by atoms with Gasteiger partial charge in [0.1, 0.15) is 11.5 Å². The Kier molecular flexibility index (Phi) is 7.33. The minimum atomic E-state index is -0.346. The van der Waals surface area contributed by atoms with Gasteiger partial charge in [-0.05, 0) is 60.5 Å². The number of benzene rings is 2. The van der Waals surface area contributed by atoms with Gasteiger partial charge < -0.3 is 9.15 Å². The van der Waals surface area contributed by atoms with Crippen LogP contribution in [0.4, 0.5) is 4.79 Å². The van der Waals surface area contributed by atoms with Crippen LogP contribution in [0, 0.1) is 6.92 Å². The van der Waals surface area contributed by atoms with E-state index in [1.807, 2.05) is 38.1 Å². The van der Waals surface area contributed by atoms with Crippen molar-refractivity contribution < 1.29 is 23.5 Å². The van der Waals surface area contributed by atoms with E-state index < -0.39 is 0 Å². The lowest BCUT2D eigenvalue weighted by Crippen LogP contribution is -2.27. The summed E-state index contributed by atoms with van der Waals surface area (Å²) < 4.78 is 11.1. The molecule has 1 saturated heterocycles. The fourth-order valence-corrected chi connectivity index (χ4v) is 4.29. The van der Waals surface area contributed by atoms with Crippen molar-refractivity contribution in [2.75, 3.05) is 6.61 Å². The number of rotatable bonds is 8. The smallest absolute Gasteiger partial charge is 0.338 e. The molecular formula is C27H25NO5S. The zero-order valence-electron chi connectivity index (χ0n) is 19.1. The number of hydrogen-bond donors (Lipinski definition) is 0. The number of unbranched alkanes of at least 4 members (excludes halogenated alkanes) is 1. The summed E-state index contributed by atoms with van der Waals surface area (Å²) in [6, 6.07) is 18.2. The molecular weight excluding hydrogens is 450 g/mol. The van der Waals surface area contributed by atoms with Crippen LogP contribution in [0.3, 0.4) is 0 Å². The second-order valence-corrected chi connectivity index (χ2v) is 8.96. The number of ether oxygens (including phenoxy) is 1. The lowest BCUT2D eigenvalue weighted by Gasteiger charge is -2.14. The number of thioether (sulfide) groups is 1. The molecule has 3 aromatic rings. The third-order valence-corrected chi connectivity index (χ3v) is 6.41. The predicted molar refractivity (Wildman–Crippen MR) is 132 cm³/mol. The van der Waals surface area contributed by atoms with E-state index in [2.05, 4.69) is 0 Å². The van der Waals surface area contributed by atoms with Crippen molar-refractivity contribution in [3.05, 3.63) is 88.0 Å². The molecule has 1 aromatic heterocycles. The average Bonchev–Trinajstić information content (AvgIpc) is 3.41. The number of nitrogens with zero attached hydrogens (tertiary/aromatic N) is 1. The van der Waals surface area contributed by atoms with Gasteiger partial charge in [-0.2, -0.15) is 0 Å². The Labute approximate surface area is 202 Å². The van der Waals surface area contributed by atoms with Gasteiger partial charge in [-0.1, -0.05) is 49.7 Å². The molecule has 0 saturated carbocycles. The first-order chi connectivity index (χ1) is 16.5. The molecule has 2 heterocycles. The fraction of sp³-hybridized carbons (Fsp3) is 0.222. The van der Waals surface area contributed by atoms with E-state index in [1.54, 1.807) is 42.5 Å². The molecule has 1 aliphatic heterocycles. The van der Waals surface area contributed by atoms with Gasteiger partial charge in [-0.25, -0.2) is 4.79 Å². The molecule has 0 bridgehead atoms. The van der Waals surface area contributed by atoms with E-state index in [4.69, 9.17) is 9.15 Å². The number of furan rings is 1. The second-order valence-electron chi connectivity index (χ2n) is 7.96. The van der Waals surface area contributed by atoms with Crippen LogP contribution in [0.25, 0.3) is 17.4 Å². The first-order valence-electron chi connectivity index (χ1n) is 11.1. The lowest BCUT2D eigenvalue weighted by molar-refractivity contribution is -0.123. The van der Waals surface area contributed by atoms with Crippen molar-refractivity contribution >= 4 is 35.0 Å². The molecule has 0 N–H and O–H groups in total. The SMILES string of the molecule is CCCCOC(=O)c1ccc(-c2ccc(/C=C3\SC(=O)N(Cc4ccccc4C)C3=O)o2)cc1. The van der Waals surface area contributed by atoms with Crippen molar-refractivity contribution in [3.8, 4) is 11.3 Å². The number of amides is 2. The minimum Gasteiger partial charge on any atom is -0.462 e. The summed E-state index contributed by atoms with van der Waals surface area (Å²) in [6.45, 7) is 4.65. The maximum Gasteiger partial charge on any atom is 0.338 e. The molecule has 1 aliphatic rings. The Morgan fingerprint density at radius 3 is 2.56 bits per heavy atom. The van der Waals surface area contributed by atoms with Crippen molar-refractivity contribution in [1.82, 2.24) is 4.90 Å². The molecule has 1 fully saturated rings. The van der Waals surface area contributed by atoms with Gasteiger partial charge in [-0.15, -0.1) is 0 Å². The zero-order valence-corrected chi connectivity index (χ0v) is 19.9. The summed E-state index contributed by atoms with van der Waals surface area (Å²) >= 11 is 0.907. The van der Waals surface area contributed by atoms with E-state index in [1.165, 1.54) is 4.90 Å². The van der Waals surface area contributed by atoms with Crippen LogP contribution in [-0.2, 0) is 16.1 Å². The topological polar surface area (TPSA) is 76.8 Å². The molecule has 4 rings (SSSR count). The van der Waals surface area contributed by atoms with Crippen molar-refractivity contribution in [3.63, 3.8) is 0 Å². The van der Waals surface area contributed by atoms with Crippen LogP contribution in [0.2, 0.25) is 0 Å². The normalized spacial score (nSPS) is 14.8. The van der Waals surface area contributed by atoms with E-state index in [9.17, 15) is 14.4 Å². The highest BCUT2D eigenvalue weighted by molar-refractivity contribution is 8.18. The second kappa shape index (κ2) is 10.6. The molecule has 0 aliphatic carbocycles. The molecule has 2 aromatic carbocycles. The molecule has 7 heteroatoms. The average molecular weight is 476 g/mol. The Morgan fingerprint density at radius 2 is 1.82 bits per heavy atom. The maximum absolute atomic E-state index is 12.8. The van der Waals surface area contributed by atoms with Crippen LogP contribution in [0.1, 0.15) is 47.0 Å². The van der Waals surface area contributed by atoms with Gasteiger partial charge in [0.25, 0.3) is 11.1 Å². The van der Waals surface area contributed by atoms with Crippen LogP contribution in [-0.4, -0.2) is 28.6 Å². The third-order valence-electron chi connectivity index (χ3n) is 5.50.